The van der Waals surface area contributed by atoms with Gasteiger partial charge in [0, 0.05) is 6.04 Å². The maximum Gasteiger partial charge on any atom is 0.119 e. The molecule has 1 fully saturated rings. The first-order chi connectivity index (χ1) is 8.86. The van der Waals surface area contributed by atoms with E-state index in [9.17, 15) is 0 Å². The van der Waals surface area contributed by atoms with Crippen molar-refractivity contribution >= 4 is 0 Å². The Balaban J connectivity index is 1.65. The van der Waals surface area contributed by atoms with Crippen LogP contribution in [0.3, 0.4) is 0 Å². The zero-order chi connectivity index (χ0) is 12.4. The van der Waals surface area contributed by atoms with Gasteiger partial charge in [-0.05, 0) is 61.4 Å². The Labute approximate surface area is 110 Å². The van der Waals surface area contributed by atoms with Gasteiger partial charge in [-0.2, -0.15) is 0 Å². The summed E-state index contributed by atoms with van der Waals surface area (Å²) in [6.45, 7) is 1.20. The number of methoxy groups -OCH3 is 1. The summed E-state index contributed by atoms with van der Waals surface area (Å²) in [5.74, 6) is 1.91. The highest BCUT2D eigenvalue weighted by atomic mass is 16.5. The third-order valence-electron chi connectivity index (χ3n) is 4.56. The monoisotopic (exact) mass is 245 g/mol. The highest BCUT2D eigenvalue weighted by Gasteiger charge is 2.24. The van der Waals surface area contributed by atoms with Crippen molar-refractivity contribution in [3.8, 4) is 5.75 Å². The van der Waals surface area contributed by atoms with E-state index >= 15 is 0 Å². The molecule has 1 unspecified atom stereocenters. The van der Waals surface area contributed by atoms with Gasteiger partial charge in [0.25, 0.3) is 0 Å². The molecule has 1 aromatic rings. The van der Waals surface area contributed by atoms with Crippen LogP contribution in [0.25, 0.3) is 0 Å². The van der Waals surface area contributed by atoms with E-state index in [-0.39, 0.29) is 0 Å². The molecule has 1 aromatic carbocycles. The molecule has 1 atom stereocenters. The average molecular weight is 245 g/mol. The van der Waals surface area contributed by atoms with Gasteiger partial charge in [0.15, 0.2) is 0 Å². The lowest BCUT2D eigenvalue weighted by Gasteiger charge is -2.17. The summed E-state index contributed by atoms with van der Waals surface area (Å²) in [5.41, 5.74) is 2.96. The van der Waals surface area contributed by atoms with E-state index in [1.807, 2.05) is 0 Å². The Hall–Kier alpha value is -1.02. The number of hydrogen-bond acceptors (Lipinski definition) is 2. The number of hydrogen-bond donors (Lipinski definition) is 1. The van der Waals surface area contributed by atoms with Gasteiger partial charge in [-0.25, -0.2) is 0 Å². The van der Waals surface area contributed by atoms with Crippen LogP contribution in [0.2, 0.25) is 0 Å². The normalized spacial score (nSPS) is 23.3. The first-order valence-electron chi connectivity index (χ1n) is 7.27. The predicted octanol–water partition coefficient (Wildman–Crippen LogP) is 3.46. The minimum Gasteiger partial charge on any atom is -0.497 e. The summed E-state index contributed by atoms with van der Waals surface area (Å²) >= 11 is 0. The fourth-order valence-electron chi connectivity index (χ4n) is 3.44. The first-order valence-corrected chi connectivity index (χ1v) is 7.27. The fraction of sp³-hybridized carbons (Fsp3) is 0.625. The van der Waals surface area contributed by atoms with Crippen LogP contribution in [0.15, 0.2) is 18.2 Å². The van der Waals surface area contributed by atoms with Crippen LogP contribution in [0, 0.1) is 5.92 Å². The molecule has 0 heterocycles. The topological polar surface area (TPSA) is 21.3 Å². The molecular weight excluding hydrogens is 222 g/mol. The predicted molar refractivity (Wildman–Crippen MR) is 74.0 cm³/mol. The van der Waals surface area contributed by atoms with Gasteiger partial charge < -0.3 is 10.1 Å². The summed E-state index contributed by atoms with van der Waals surface area (Å²) in [6.07, 6.45) is 8.16. The second-order valence-corrected chi connectivity index (χ2v) is 5.71. The highest BCUT2D eigenvalue weighted by Crippen LogP contribution is 2.34. The number of rotatable bonds is 4. The molecule has 0 amide bonds. The van der Waals surface area contributed by atoms with Crippen molar-refractivity contribution in [2.24, 2.45) is 5.92 Å². The van der Waals surface area contributed by atoms with Crippen molar-refractivity contribution in [3.63, 3.8) is 0 Å². The summed E-state index contributed by atoms with van der Waals surface area (Å²) in [4.78, 5) is 0. The van der Waals surface area contributed by atoms with Crippen molar-refractivity contribution in [2.45, 2.75) is 44.6 Å². The van der Waals surface area contributed by atoms with Crippen molar-refractivity contribution in [1.82, 2.24) is 5.32 Å². The molecule has 0 radical (unpaired) electrons. The summed E-state index contributed by atoms with van der Waals surface area (Å²) in [7, 11) is 1.75. The Morgan fingerprint density at radius 1 is 1.22 bits per heavy atom. The maximum absolute atomic E-state index is 5.34. The standard InChI is InChI=1S/C16H23NO/c1-18-14-8-6-13-7-9-16(15(13)10-14)17-11-12-4-2-3-5-12/h6,8,10,12,16-17H,2-5,7,9,11H2,1H3. The summed E-state index contributed by atoms with van der Waals surface area (Å²) < 4.78 is 5.34. The molecule has 1 saturated carbocycles. The lowest BCUT2D eigenvalue weighted by Crippen LogP contribution is -2.25. The van der Waals surface area contributed by atoms with Gasteiger partial charge >= 0.3 is 0 Å². The van der Waals surface area contributed by atoms with Crippen molar-refractivity contribution in [2.75, 3.05) is 13.7 Å². The lowest BCUT2D eigenvalue weighted by atomic mass is 10.1. The number of aryl methyl sites for hydroxylation is 1. The van der Waals surface area contributed by atoms with Crippen LogP contribution in [-0.4, -0.2) is 13.7 Å². The Morgan fingerprint density at radius 3 is 2.83 bits per heavy atom. The zero-order valence-electron chi connectivity index (χ0n) is 11.2. The highest BCUT2D eigenvalue weighted by molar-refractivity contribution is 5.40. The smallest absolute Gasteiger partial charge is 0.119 e. The molecule has 18 heavy (non-hydrogen) atoms. The van der Waals surface area contributed by atoms with Crippen LogP contribution in [0.1, 0.15) is 49.3 Å². The third-order valence-corrected chi connectivity index (χ3v) is 4.56. The fourth-order valence-corrected chi connectivity index (χ4v) is 3.44. The molecule has 0 aromatic heterocycles. The quantitative estimate of drug-likeness (QED) is 0.877. The van der Waals surface area contributed by atoms with Gasteiger partial charge in [-0.3, -0.25) is 0 Å². The lowest BCUT2D eigenvalue weighted by molar-refractivity contribution is 0.411. The van der Waals surface area contributed by atoms with Crippen molar-refractivity contribution < 1.29 is 4.74 Å². The Morgan fingerprint density at radius 2 is 2.06 bits per heavy atom. The van der Waals surface area contributed by atoms with Gasteiger partial charge in [0.1, 0.15) is 5.75 Å². The molecule has 2 aliphatic rings. The number of fused-ring (bicyclic) bond motifs is 1. The molecule has 0 bridgehead atoms. The molecule has 0 spiro atoms. The van der Waals surface area contributed by atoms with E-state index in [4.69, 9.17) is 4.74 Å². The summed E-state index contributed by atoms with van der Waals surface area (Å²) in [5, 5.41) is 3.78. The van der Waals surface area contributed by atoms with E-state index in [0.29, 0.717) is 6.04 Å². The Bertz CT molecular complexity index is 410. The van der Waals surface area contributed by atoms with Crippen LogP contribution in [0.4, 0.5) is 0 Å². The van der Waals surface area contributed by atoms with Crippen LogP contribution < -0.4 is 10.1 Å². The Kier molecular flexibility index (Phi) is 3.55. The second-order valence-electron chi connectivity index (χ2n) is 5.71. The van der Waals surface area contributed by atoms with Crippen LogP contribution in [0.5, 0.6) is 5.75 Å². The maximum atomic E-state index is 5.34. The summed E-state index contributed by atoms with van der Waals surface area (Å²) in [6, 6.07) is 7.08. The van der Waals surface area contributed by atoms with Crippen LogP contribution >= 0.6 is 0 Å². The van der Waals surface area contributed by atoms with E-state index in [2.05, 4.69) is 23.5 Å². The van der Waals surface area contributed by atoms with Gasteiger partial charge in [0.05, 0.1) is 7.11 Å². The molecule has 2 nitrogen and oxygen atoms in total. The van der Waals surface area contributed by atoms with E-state index in [1.54, 1.807) is 7.11 Å². The molecule has 0 aliphatic heterocycles. The molecule has 98 valence electrons. The number of nitrogens with one attached hydrogen (secondary N) is 1. The van der Waals surface area contributed by atoms with Crippen molar-refractivity contribution in [1.29, 1.82) is 0 Å². The molecule has 1 N–H and O–H groups in total. The molecule has 2 heteroatoms. The van der Waals surface area contributed by atoms with E-state index in [0.717, 1.165) is 11.7 Å². The minimum atomic E-state index is 0.552. The SMILES string of the molecule is COc1ccc2c(c1)C(NCC1CCCC1)CC2. The molecule has 3 rings (SSSR count). The van der Waals surface area contributed by atoms with Crippen LogP contribution in [-0.2, 0) is 6.42 Å². The molecular formula is C16H23NO. The molecule has 0 saturated heterocycles. The van der Waals surface area contributed by atoms with Gasteiger partial charge in [0.2, 0.25) is 0 Å². The van der Waals surface area contributed by atoms with E-state index < -0.39 is 0 Å². The number of benzene rings is 1. The van der Waals surface area contributed by atoms with Gasteiger partial charge in [-0.1, -0.05) is 18.9 Å². The number of ether oxygens (including phenoxy) is 1. The minimum absolute atomic E-state index is 0.552. The molecule has 2 aliphatic carbocycles. The van der Waals surface area contributed by atoms with Crippen molar-refractivity contribution in [3.05, 3.63) is 29.3 Å². The first kappa shape index (κ1) is 12.0. The largest absolute Gasteiger partial charge is 0.497 e. The zero-order valence-corrected chi connectivity index (χ0v) is 11.2. The second kappa shape index (κ2) is 5.31. The van der Waals surface area contributed by atoms with E-state index in [1.165, 1.54) is 56.2 Å². The van der Waals surface area contributed by atoms with Gasteiger partial charge in [-0.15, -0.1) is 0 Å². The average Bonchev–Trinajstić information content (AvgIpc) is 3.05. The third kappa shape index (κ3) is 2.39.